The number of nitrogens with zero attached hydrogens (tertiary/aromatic N) is 2. The highest BCUT2D eigenvalue weighted by molar-refractivity contribution is 6.12. The van der Waals surface area contributed by atoms with Crippen molar-refractivity contribution < 1.29 is 19.8 Å². The quantitative estimate of drug-likeness (QED) is 0.300. The molecular weight excluding hydrogens is 370 g/mol. The molecule has 0 amide bonds. The van der Waals surface area contributed by atoms with E-state index in [1.54, 1.807) is 0 Å². The summed E-state index contributed by atoms with van der Waals surface area (Å²) in [6.45, 7) is 4.56. The minimum atomic E-state index is -1.49. The van der Waals surface area contributed by atoms with Gasteiger partial charge in [-0.15, -0.1) is 0 Å². The van der Waals surface area contributed by atoms with Crippen molar-refractivity contribution in [3.05, 3.63) is 83.6 Å². The Morgan fingerprint density at radius 2 is 1.45 bits per heavy atom. The van der Waals surface area contributed by atoms with Gasteiger partial charge in [-0.25, -0.2) is 9.59 Å². The lowest BCUT2D eigenvalue weighted by atomic mass is 10.1. The molecule has 0 saturated carbocycles. The first kappa shape index (κ1) is 20.0. The highest BCUT2D eigenvalue weighted by Crippen LogP contribution is 2.34. The summed E-state index contributed by atoms with van der Waals surface area (Å²) in [6.07, 6.45) is 0.624. The topological polar surface area (TPSA) is 93.1 Å². The summed E-state index contributed by atoms with van der Waals surface area (Å²) in [7, 11) is 0. The average molecular weight is 393 g/mol. The molecule has 0 aromatic heterocycles. The van der Waals surface area contributed by atoms with Gasteiger partial charge in [0.05, 0.1) is 17.9 Å². The fourth-order valence-electron chi connectivity index (χ4n) is 3.28. The maximum atomic E-state index is 11.3. The highest BCUT2D eigenvalue weighted by Gasteiger charge is 2.36. The number of anilines is 2. The molecule has 0 aliphatic carbocycles. The smallest absolute Gasteiger partial charge is 0.344 e. The van der Waals surface area contributed by atoms with Crippen LogP contribution in [0, 0.1) is 0 Å². The Morgan fingerprint density at radius 3 is 1.93 bits per heavy atom. The van der Waals surface area contributed by atoms with Crippen molar-refractivity contribution >= 4 is 23.3 Å². The second-order valence-corrected chi connectivity index (χ2v) is 6.84. The molecule has 0 spiro atoms. The summed E-state index contributed by atoms with van der Waals surface area (Å²) in [6, 6.07) is 19.5. The molecule has 7 nitrogen and oxygen atoms in total. The van der Waals surface area contributed by atoms with E-state index in [2.05, 4.69) is 10.3 Å². The van der Waals surface area contributed by atoms with E-state index in [1.165, 1.54) is 0 Å². The first-order valence-corrected chi connectivity index (χ1v) is 9.16. The lowest BCUT2D eigenvalue weighted by Gasteiger charge is -2.35. The third-order valence-electron chi connectivity index (χ3n) is 4.72. The molecule has 1 fully saturated rings. The van der Waals surface area contributed by atoms with Crippen molar-refractivity contribution in [2.45, 2.75) is 20.0 Å². The summed E-state index contributed by atoms with van der Waals surface area (Å²) in [4.78, 5) is 22.5. The van der Waals surface area contributed by atoms with Crippen LogP contribution in [0.2, 0.25) is 0 Å². The Kier molecular flexibility index (Phi) is 5.87. The monoisotopic (exact) mass is 393 g/mol. The van der Waals surface area contributed by atoms with E-state index >= 15 is 0 Å². The van der Waals surface area contributed by atoms with E-state index in [4.69, 9.17) is 0 Å². The number of rotatable bonds is 6. The molecule has 29 heavy (non-hydrogen) atoms. The van der Waals surface area contributed by atoms with Gasteiger partial charge in [0.1, 0.15) is 6.17 Å². The molecule has 3 rings (SSSR count). The second-order valence-electron chi connectivity index (χ2n) is 6.84. The Hall–Kier alpha value is -3.74. The summed E-state index contributed by atoms with van der Waals surface area (Å²) < 4.78 is 0. The number of carbonyl (C=O) groups is 2. The van der Waals surface area contributed by atoms with Crippen LogP contribution < -0.4 is 15.3 Å². The average Bonchev–Trinajstić information content (AvgIpc) is 3.09. The number of hydrogen-bond donors (Lipinski definition) is 3. The van der Waals surface area contributed by atoms with E-state index in [9.17, 15) is 19.8 Å². The predicted molar refractivity (Wildman–Crippen MR) is 111 cm³/mol. The Labute approximate surface area is 169 Å². The minimum Gasteiger partial charge on any atom is -0.477 e. The summed E-state index contributed by atoms with van der Waals surface area (Å²) in [5.74, 6) is -2.99. The van der Waals surface area contributed by atoms with Crippen molar-refractivity contribution in [1.29, 1.82) is 0 Å². The van der Waals surface area contributed by atoms with E-state index < -0.39 is 23.7 Å². The van der Waals surface area contributed by atoms with Crippen LogP contribution in [0.4, 0.5) is 11.4 Å². The van der Waals surface area contributed by atoms with E-state index in [0.29, 0.717) is 6.54 Å². The van der Waals surface area contributed by atoms with Gasteiger partial charge in [-0.05, 0) is 43.7 Å². The zero-order chi connectivity index (χ0) is 21.0. The molecule has 2 aromatic carbocycles. The largest absolute Gasteiger partial charge is 0.477 e. The molecule has 1 aliphatic heterocycles. The molecule has 1 aliphatic rings. The number of carboxylic acids is 2. The van der Waals surface area contributed by atoms with Crippen LogP contribution in [0.15, 0.2) is 83.6 Å². The number of benzene rings is 2. The van der Waals surface area contributed by atoms with Gasteiger partial charge in [-0.2, -0.15) is 0 Å². The van der Waals surface area contributed by atoms with Crippen LogP contribution in [-0.4, -0.2) is 34.9 Å². The van der Waals surface area contributed by atoms with Gasteiger partial charge in [0.15, 0.2) is 5.57 Å². The number of para-hydroxylation sites is 2. The first-order chi connectivity index (χ1) is 13.9. The van der Waals surface area contributed by atoms with Crippen molar-refractivity contribution in [2.24, 2.45) is 0 Å². The van der Waals surface area contributed by atoms with E-state index in [-0.39, 0.29) is 0 Å². The number of nitrogens with one attached hydrogen (secondary N) is 1. The van der Waals surface area contributed by atoms with Crippen molar-refractivity contribution in [3.63, 3.8) is 0 Å². The minimum absolute atomic E-state index is 0.434. The molecule has 150 valence electrons. The Morgan fingerprint density at radius 1 is 0.931 bits per heavy atom. The maximum absolute atomic E-state index is 11.3. The SMILES string of the molecule is CC(C)=C1CN(c2ccccc2)N(c2ccccc2)C1NC=C(C(=O)O)C(=O)O. The van der Waals surface area contributed by atoms with Crippen LogP contribution in [0.1, 0.15) is 13.8 Å². The van der Waals surface area contributed by atoms with Crippen LogP contribution in [0.5, 0.6) is 0 Å². The zero-order valence-corrected chi connectivity index (χ0v) is 16.2. The molecule has 0 radical (unpaired) electrons. The van der Waals surface area contributed by atoms with Gasteiger partial charge in [0.25, 0.3) is 0 Å². The third-order valence-corrected chi connectivity index (χ3v) is 4.72. The van der Waals surface area contributed by atoms with Gasteiger partial charge < -0.3 is 15.5 Å². The number of hydrogen-bond acceptors (Lipinski definition) is 5. The number of aliphatic carboxylic acids is 2. The number of hydrazine groups is 1. The highest BCUT2D eigenvalue weighted by atomic mass is 16.4. The van der Waals surface area contributed by atoms with Gasteiger partial charge in [0, 0.05) is 6.20 Å². The maximum Gasteiger partial charge on any atom is 0.344 e. The van der Waals surface area contributed by atoms with Gasteiger partial charge >= 0.3 is 11.9 Å². The van der Waals surface area contributed by atoms with Gasteiger partial charge in [0.2, 0.25) is 0 Å². The molecule has 7 heteroatoms. The fourth-order valence-corrected chi connectivity index (χ4v) is 3.28. The first-order valence-electron chi connectivity index (χ1n) is 9.16. The van der Waals surface area contributed by atoms with Gasteiger partial charge in [-0.3, -0.25) is 10.0 Å². The summed E-state index contributed by atoms with van der Waals surface area (Å²) in [5, 5.41) is 25.5. The van der Waals surface area contributed by atoms with Crippen LogP contribution in [0.3, 0.4) is 0 Å². The molecule has 1 saturated heterocycles. The van der Waals surface area contributed by atoms with Crippen molar-refractivity contribution in [3.8, 4) is 0 Å². The Bertz CT molecular complexity index is 935. The van der Waals surface area contributed by atoms with Crippen LogP contribution >= 0.6 is 0 Å². The normalized spacial score (nSPS) is 15.8. The molecule has 1 atom stereocenters. The number of carboxylic acid groups (broad SMARTS) is 2. The van der Waals surface area contributed by atoms with Crippen molar-refractivity contribution in [1.82, 2.24) is 5.32 Å². The second kappa shape index (κ2) is 8.52. The van der Waals surface area contributed by atoms with E-state index in [0.717, 1.165) is 28.7 Å². The van der Waals surface area contributed by atoms with Gasteiger partial charge in [-0.1, -0.05) is 42.0 Å². The van der Waals surface area contributed by atoms with Crippen LogP contribution in [-0.2, 0) is 9.59 Å². The summed E-state index contributed by atoms with van der Waals surface area (Å²) >= 11 is 0. The molecular formula is C22H23N3O4. The lowest BCUT2D eigenvalue weighted by molar-refractivity contribution is -0.140. The number of allylic oxidation sites excluding steroid dienone is 1. The molecule has 0 bridgehead atoms. The fraction of sp³-hybridized carbons (Fsp3) is 0.182. The Balaban J connectivity index is 2.09. The standard InChI is InChI=1S/C22H23N3O4/c1-15(2)19-14-24(16-9-5-3-6-10-16)25(17-11-7-4-8-12-17)20(19)23-13-18(21(26)27)22(28)29/h3-13,20,23H,14H2,1-2H3,(H,26,27)(H,28,29). The summed E-state index contributed by atoms with van der Waals surface area (Å²) in [5.41, 5.74) is 3.25. The van der Waals surface area contributed by atoms with Crippen LogP contribution in [0.25, 0.3) is 0 Å². The lowest BCUT2D eigenvalue weighted by Crippen LogP contribution is -2.47. The van der Waals surface area contributed by atoms with E-state index in [1.807, 2.05) is 79.5 Å². The third kappa shape index (κ3) is 4.24. The molecule has 2 aromatic rings. The molecule has 1 unspecified atom stereocenters. The van der Waals surface area contributed by atoms with Crippen molar-refractivity contribution in [2.75, 3.05) is 16.6 Å². The molecule has 3 N–H and O–H groups in total. The predicted octanol–water partition coefficient (Wildman–Crippen LogP) is 3.23. The molecule has 1 heterocycles. The zero-order valence-electron chi connectivity index (χ0n) is 16.2.